The van der Waals surface area contributed by atoms with Crippen LogP contribution in [0.1, 0.15) is 130 Å². The zero-order valence-corrected chi connectivity index (χ0v) is 34.4. The molecule has 2 heterocycles. The number of carbonyl (C=O) groups is 3. The number of benzene rings is 4. The van der Waals surface area contributed by atoms with Crippen LogP contribution >= 0.6 is 11.6 Å². The Balaban J connectivity index is 0.000000212. The number of carbonyl (C=O) groups excluding carboxylic acids is 3. The SMILES string of the molecule is COc1c(C(C)C)cc(/C=C2\C(=O)Nc3cc(NC(C)=O)ccc32)cc1C(C)C.COc1c(C(C)C)cc(/C=C2\C(=O)Nc3ccc(Cl)cc32)cc1C(C)C. The summed E-state index contributed by atoms with van der Waals surface area (Å²) in [6.07, 6.45) is 3.87. The van der Waals surface area contributed by atoms with E-state index in [2.05, 4.69) is 95.6 Å². The van der Waals surface area contributed by atoms with Gasteiger partial charge in [-0.2, -0.15) is 0 Å². The van der Waals surface area contributed by atoms with Crippen LogP contribution in [-0.4, -0.2) is 31.9 Å². The van der Waals surface area contributed by atoms with E-state index in [1.54, 1.807) is 26.4 Å². The smallest absolute Gasteiger partial charge is 0.256 e. The highest BCUT2D eigenvalue weighted by molar-refractivity contribution is 6.37. The number of ether oxygens (including phenoxy) is 2. The third-order valence-electron chi connectivity index (χ3n) is 9.74. The number of hydrogen-bond donors (Lipinski definition) is 3. The molecule has 2 aliphatic heterocycles. The fourth-order valence-electron chi connectivity index (χ4n) is 7.01. The van der Waals surface area contributed by atoms with E-state index in [-0.39, 0.29) is 17.7 Å². The van der Waals surface area contributed by atoms with E-state index in [1.165, 1.54) is 6.92 Å². The van der Waals surface area contributed by atoms with E-state index in [0.29, 0.717) is 51.2 Å². The number of anilines is 3. The van der Waals surface area contributed by atoms with Gasteiger partial charge in [-0.15, -0.1) is 0 Å². The number of hydrogen-bond acceptors (Lipinski definition) is 5. The molecule has 3 amide bonds. The monoisotopic (exact) mass is 761 g/mol. The lowest BCUT2D eigenvalue weighted by Gasteiger charge is -2.19. The Morgan fingerprint density at radius 1 is 0.618 bits per heavy atom. The number of fused-ring (bicyclic) bond motifs is 2. The molecule has 0 saturated carbocycles. The van der Waals surface area contributed by atoms with Crippen LogP contribution in [0.25, 0.3) is 23.3 Å². The molecule has 2 aliphatic rings. The Morgan fingerprint density at radius 2 is 1.05 bits per heavy atom. The maximum absolute atomic E-state index is 12.6. The summed E-state index contributed by atoms with van der Waals surface area (Å²) in [5.74, 6) is 2.70. The van der Waals surface area contributed by atoms with Crippen LogP contribution in [-0.2, 0) is 14.4 Å². The number of rotatable bonds is 9. The summed E-state index contributed by atoms with van der Waals surface area (Å²) in [6, 6.07) is 19.3. The molecule has 0 aromatic heterocycles. The Hall–Kier alpha value is -5.34. The minimum Gasteiger partial charge on any atom is -0.496 e. The van der Waals surface area contributed by atoms with E-state index in [1.807, 2.05) is 36.4 Å². The molecule has 0 radical (unpaired) electrons. The summed E-state index contributed by atoms with van der Waals surface area (Å²) in [5, 5.41) is 9.16. The third-order valence-corrected chi connectivity index (χ3v) is 9.98. The fourth-order valence-corrected chi connectivity index (χ4v) is 7.18. The predicted molar refractivity (Wildman–Crippen MR) is 228 cm³/mol. The molecule has 0 bridgehead atoms. The summed E-state index contributed by atoms with van der Waals surface area (Å²) < 4.78 is 11.4. The van der Waals surface area contributed by atoms with Gasteiger partial charge in [0.1, 0.15) is 11.5 Å². The van der Waals surface area contributed by atoms with Crippen LogP contribution in [0.15, 0.2) is 60.7 Å². The van der Waals surface area contributed by atoms with Crippen LogP contribution in [0.2, 0.25) is 5.02 Å². The highest BCUT2D eigenvalue weighted by atomic mass is 35.5. The molecule has 4 aromatic rings. The van der Waals surface area contributed by atoms with Crippen molar-refractivity contribution in [1.29, 1.82) is 0 Å². The van der Waals surface area contributed by atoms with Gasteiger partial charge < -0.3 is 25.4 Å². The molecule has 0 fully saturated rings. The van der Waals surface area contributed by atoms with E-state index in [9.17, 15) is 14.4 Å². The largest absolute Gasteiger partial charge is 0.496 e. The Kier molecular flexibility index (Phi) is 12.6. The highest BCUT2D eigenvalue weighted by Crippen LogP contribution is 2.41. The molecule has 0 atom stereocenters. The van der Waals surface area contributed by atoms with Crippen LogP contribution in [0.3, 0.4) is 0 Å². The summed E-state index contributed by atoms with van der Waals surface area (Å²) in [5.41, 5.74) is 11.6. The van der Waals surface area contributed by atoms with Crippen molar-refractivity contribution in [2.75, 3.05) is 30.2 Å². The number of amides is 3. The molecular formula is C46H52ClN3O5. The van der Waals surface area contributed by atoms with Crippen LogP contribution in [0.5, 0.6) is 11.5 Å². The fraction of sp³-hybridized carbons (Fsp3) is 0.326. The Labute approximate surface area is 330 Å². The van der Waals surface area contributed by atoms with Crippen molar-refractivity contribution >= 4 is 69.7 Å². The number of halogens is 1. The van der Waals surface area contributed by atoms with Gasteiger partial charge in [-0.25, -0.2) is 0 Å². The molecule has 9 heteroatoms. The van der Waals surface area contributed by atoms with Gasteiger partial charge in [0.2, 0.25) is 5.91 Å². The zero-order valence-electron chi connectivity index (χ0n) is 33.7. The van der Waals surface area contributed by atoms with Crippen molar-refractivity contribution < 1.29 is 23.9 Å². The molecule has 0 spiro atoms. The quantitative estimate of drug-likeness (QED) is 0.147. The molecule has 4 aromatic carbocycles. The zero-order chi connectivity index (χ0) is 40.3. The van der Waals surface area contributed by atoms with Crippen LogP contribution in [0.4, 0.5) is 17.1 Å². The lowest BCUT2D eigenvalue weighted by Crippen LogP contribution is -2.06. The average Bonchev–Trinajstić information content (AvgIpc) is 3.60. The first-order valence-electron chi connectivity index (χ1n) is 18.7. The molecular weight excluding hydrogens is 710 g/mol. The molecule has 0 saturated heterocycles. The van der Waals surface area contributed by atoms with Gasteiger partial charge in [0.15, 0.2) is 0 Å². The molecule has 288 valence electrons. The minimum atomic E-state index is -0.147. The first-order chi connectivity index (χ1) is 26.0. The lowest BCUT2D eigenvalue weighted by atomic mass is 9.90. The van der Waals surface area contributed by atoms with Gasteiger partial charge in [0, 0.05) is 45.6 Å². The van der Waals surface area contributed by atoms with Crippen molar-refractivity contribution in [3.05, 3.63) is 110 Å². The third kappa shape index (κ3) is 8.97. The van der Waals surface area contributed by atoms with E-state index in [0.717, 1.165) is 61.7 Å². The first-order valence-corrected chi connectivity index (χ1v) is 19.1. The standard InChI is InChI=1S/C24H28N2O3.C22H24ClNO2/c1-13(2)19-9-16(10-20(14(3)4)23(19)29-6)11-21-18-8-7-17(25-15(5)27)12-22(18)26-24(21)28;1-12(2)16-8-14(9-17(13(3)4)21(16)26-5)10-19-18-11-15(23)6-7-20(18)24-22(19)25/h7-14H,1-6H3,(H,25,27)(H,26,28);6-13H,1-5H3,(H,24,25)/b21-11-;19-10-. The molecule has 6 rings (SSSR count). The van der Waals surface area contributed by atoms with Crippen molar-refractivity contribution in [2.45, 2.75) is 86.0 Å². The molecule has 8 nitrogen and oxygen atoms in total. The lowest BCUT2D eigenvalue weighted by molar-refractivity contribution is -0.114. The van der Waals surface area contributed by atoms with Gasteiger partial charge in [-0.05, 0) is 124 Å². The van der Waals surface area contributed by atoms with Crippen molar-refractivity contribution in [1.82, 2.24) is 0 Å². The Bertz CT molecular complexity index is 2160. The van der Waals surface area contributed by atoms with E-state index < -0.39 is 0 Å². The summed E-state index contributed by atoms with van der Waals surface area (Å²) in [4.78, 5) is 36.4. The van der Waals surface area contributed by atoms with Gasteiger partial charge in [-0.3, -0.25) is 14.4 Å². The van der Waals surface area contributed by atoms with Crippen molar-refractivity contribution in [3.8, 4) is 11.5 Å². The normalized spacial score (nSPS) is 14.6. The molecule has 55 heavy (non-hydrogen) atoms. The van der Waals surface area contributed by atoms with E-state index >= 15 is 0 Å². The number of nitrogens with one attached hydrogen (secondary N) is 3. The maximum Gasteiger partial charge on any atom is 0.256 e. The highest BCUT2D eigenvalue weighted by Gasteiger charge is 2.27. The predicted octanol–water partition coefficient (Wildman–Crippen LogP) is 11.5. The van der Waals surface area contributed by atoms with Crippen LogP contribution < -0.4 is 25.4 Å². The average molecular weight is 762 g/mol. The number of methoxy groups -OCH3 is 2. The minimum absolute atomic E-state index is 0.102. The second-order valence-electron chi connectivity index (χ2n) is 15.2. The second-order valence-corrected chi connectivity index (χ2v) is 15.7. The maximum atomic E-state index is 12.6. The van der Waals surface area contributed by atoms with Gasteiger partial charge >= 0.3 is 0 Å². The van der Waals surface area contributed by atoms with Gasteiger partial charge in [0.05, 0.1) is 19.9 Å². The van der Waals surface area contributed by atoms with Crippen molar-refractivity contribution in [3.63, 3.8) is 0 Å². The van der Waals surface area contributed by atoms with Crippen LogP contribution in [0, 0.1) is 0 Å². The Morgan fingerprint density at radius 3 is 1.47 bits per heavy atom. The summed E-state index contributed by atoms with van der Waals surface area (Å²) in [7, 11) is 3.42. The molecule has 3 N–H and O–H groups in total. The molecule has 0 aliphatic carbocycles. The molecule has 0 unspecified atom stereocenters. The van der Waals surface area contributed by atoms with Gasteiger partial charge in [-0.1, -0.05) is 73.1 Å². The van der Waals surface area contributed by atoms with E-state index in [4.69, 9.17) is 21.1 Å². The summed E-state index contributed by atoms with van der Waals surface area (Å²) >= 11 is 6.13. The second kappa shape index (κ2) is 17.0. The van der Waals surface area contributed by atoms with Crippen molar-refractivity contribution in [2.24, 2.45) is 0 Å². The topological polar surface area (TPSA) is 106 Å². The summed E-state index contributed by atoms with van der Waals surface area (Å²) in [6.45, 7) is 18.6. The first kappa shape index (κ1) is 40.8. The van der Waals surface area contributed by atoms with Gasteiger partial charge in [0.25, 0.3) is 11.8 Å².